The number of aromatic nitrogens is 1. The molecule has 0 aliphatic rings. The summed E-state index contributed by atoms with van der Waals surface area (Å²) in [6, 6.07) is 9.44. The molecule has 0 saturated carbocycles. The quantitative estimate of drug-likeness (QED) is 0.875. The first-order valence-corrected chi connectivity index (χ1v) is 6.55. The summed E-state index contributed by atoms with van der Waals surface area (Å²) in [7, 11) is 1.59. The molecule has 21 heavy (non-hydrogen) atoms. The maximum absolute atomic E-state index is 8.70. The highest BCUT2D eigenvalue weighted by atomic mass is 16.5. The predicted molar refractivity (Wildman–Crippen MR) is 80.3 cm³/mol. The lowest BCUT2D eigenvalue weighted by molar-refractivity contribution is 0.292. The fraction of sp³-hybridized carbons (Fsp3) is 0.235. The summed E-state index contributed by atoms with van der Waals surface area (Å²) in [5.74, 6) is 6.85. The van der Waals surface area contributed by atoms with E-state index in [2.05, 4.69) is 16.8 Å². The molecule has 0 saturated heterocycles. The number of rotatable bonds is 4. The van der Waals surface area contributed by atoms with Gasteiger partial charge in [0.15, 0.2) is 0 Å². The second-order valence-corrected chi connectivity index (χ2v) is 4.40. The van der Waals surface area contributed by atoms with Crippen molar-refractivity contribution in [2.75, 3.05) is 13.7 Å². The van der Waals surface area contributed by atoms with Gasteiger partial charge in [0.05, 0.1) is 12.7 Å². The third-order valence-electron chi connectivity index (χ3n) is 2.91. The molecule has 0 aliphatic heterocycles. The summed E-state index contributed by atoms with van der Waals surface area (Å²) in [5, 5.41) is 8.70. The minimum absolute atomic E-state index is 0.141. The van der Waals surface area contributed by atoms with Crippen LogP contribution in [0.15, 0.2) is 36.5 Å². The van der Waals surface area contributed by atoms with Crippen molar-refractivity contribution in [1.82, 2.24) is 4.98 Å². The molecule has 0 radical (unpaired) electrons. The third-order valence-corrected chi connectivity index (χ3v) is 2.91. The summed E-state index contributed by atoms with van der Waals surface area (Å²) in [5.41, 5.74) is 2.74. The van der Waals surface area contributed by atoms with E-state index in [1.54, 1.807) is 13.3 Å². The van der Waals surface area contributed by atoms with Crippen molar-refractivity contribution in [3.8, 4) is 23.5 Å². The van der Waals surface area contributed by atoms with Gasteiger partial charge >= 0.3 is 0 Å². The van der Waals surface area contributed by atoms with Crippen molar-refractivity contribution in [1.29, 1.82) is 0 Å². The Morgan fingerprint density at radius 3 is 2.86 bits per heavy atom. The van der Waals surface area contributed by atoms with Gasteiger partial charge in [-0.1, -0.05) is 11.8 Å². The molecule has 2 rings (SSSR count). The van der Waals surface area contributed by atoms with E-state index in [0.29, 0.717) is 12.5 Å². The Morgan fingerprint density at radius 2 is 2.14 bits per heavy atom. The number of pyridine rings is 1. The predicted octanol–water partition coefficient (Wildman–Crippen LogP) is 2.32. The van der Waals surface area contributed by atoms with Crippen LogP contribution in [0.25, 0.3) is 0 Å². The van der Waals surface area contributed by atoms with E-state index in [9.17, 15) is 0 Å². The first-order chi connectivity index (χ1) is 10.2. The number of methoxy groups -OCH3 is 1. The number of ether oxygens (including phenoxy) is 2. The molecule has 1 aromatic heterocycles. The monoisotopic (exact) mass is 283 g/mol. The lowest BCUT2D eigenvalue weighted by atomic mass is 10.1. The topological polar surface area (TPSA) is 51.6 Å². The molecule has 0 atom stereocenters. The zero-order valence-electron chi connectivity index (χ0n) is 12.1. The molecule has 0 spiro atoms. The lowest BCUT2D eigenvalue weighted by Gasteiger charge is -2.11. The van der Waals surface area contributed by atoms with Crippen molar-refractivity contribution in [2.24, 2.45) is 0 Å². The molecule has 4 nitrogen and oxygen atoms in total. The zero-order valence-corrected chi connectivity index (χ0v) is 12.1. The fourth-order valence-corrected chi connectivity index (χ4v) is 1.90. The minimum Gasteiger partial charge on any atom is -0.488 e. The molecular weight excluding hydrogens is 266 g/mol. The van der Waals surface area contributed by atoms with Gasteiger partial charge in [-0.05, 0) is 42.8 Å². The zero-order chi connectivity index (χ0) is 15.1. The second kappa shape index (κ2) is 7.32. The van der Waals surface area contributed by atoms with Gasteiger partial charge in [-0.15, -0.1) is 0 Å². The molecule has 108 valence electrons. The van der Waals surface area contributed by atoms with Crippen LogP contribution in [0.1, 0.15) is 16.7 Å². The summed E-state index contributed by atoms with van der Waals surface area (Å²) < 4.78 is 11.0. The van der Waals surface area contributed by atoms with E-state index >= 15 is 0 Å². The molecule has 0 unspecified atom stereocenters. The first kappa shape index (κ1) is 14.9. The largest absolute Gasteiger partial charge is 0.488 e. The molecule has 0 aliphatic carbocycles. The van der Waals surface area contributed by atoms with Gasteiger partial charge in [0.2, 0.25) is 5.88 Å². The number of aliphatic hydroxyl groups is 1. The van der Waals surface area contributed by atoms with Crippen LogP contribution in [0, 0.1) is 18.8 Å². The van der Waals surface area contributed by atoms with E-state index < -0.39 is 0 Å². The average molecular weight is 283 g/mol. The molecule has 2 aromatic rings. The van der Waals surface area contributed by atoms with Gasteiger partial charge < -0.3 is 14.6 Å². The number of aryl methyl sites for hydroxylation is 1. The summed E-state index contributed by atoms with van der Waals surface area (Å²) in [4.78, 5) is 4.14. The maximum Gasteiger partial charge on any atom is 0.219 e. The molecule has 1 aromatic carbocycles. The highest BCUT2D eigenvalue weighted by Crippen LogP contribution is 2.22. The van der Waals surface area contributed by atoms with Crippen molar-refractivity contribution in [2.45, 2.75) is 13.5 Å². The van der Waals surface area contributed by atoms with E-state index in [4.69, 9.17) is 14.6 Å². The van der Waals surface area contributed by atoms with Crippen LogP contribution in [0.4, 0.5) is 0 Å². The van der Waals surface area contributed by atoms with Crippen molar-refractivity contribution < 1.29 is 14.6 Å². The minimum atomic E-state index is -0.141. The van der Waals surface area contributed by atoms with Crippen LogP contribution < -0.4 is 9.47 Å². The lowest BCUT2D eigenvalue weighted by Crippen LogP contribution is -2.01. The molecular formula is C17H17NO3. The molecule has 0 bridgehead atoms. The Labute approximate surface area is 124 Å². The molecule has 1 heterocycles. The smallest absolute Gasteiger partial charge is 0.219 e. The SMILES string of the molecule is COc1ncccc1COc1ccc(C#CCO)cc1C. The highest BCUT2D eigenvalue weighted by Gasteiger charge is 2.06. The average Bonchev–Trinajstić information content (AvgIpc) is 2.52. The van der Waals surface area contributed by atoms with Gasteiger partial charge in [0.25, 0.3) is 0 Å². The van der Waals surface area contributed by atoms with Gasteiger partial charge in [-0.25, -0.2) is 4.98 Å². The summed E-state index contributed by atoms with van der Waals surface area (Å²) >= 11 is 0. The molecule has 0 amide bonds. The highest BCUT2D eigenvalue weighted by molar-refractivity contribution is 5.43. The Balaban J connectivity index is 2.10. The maximum atomic E-state index is 8.70. The van der Waals surface area contributed by atoms with Gasteiger partial charge in [-0.2, -0.15) is 0 Å². The van der Waals surface area contributed by atoms with E-state index in [1.807, 2.05) is 37.3 Å². The van der Waals surface area contributed by atoms with Gasteiger partial charge in [0.1, 0.15) is 19.0 Å². The van der Waals surface area contributed by atoms with Gasteiger partial charge in [-0.3, -0.25) is 0 Å². The van der Waals surface area contributed by atoms with Crippen LogP contribution in [0.3, 0.4) is 0 Å². The van der Waals surface area contributed by atoms with Crippen LogP contribution in [0.2, 0.25) is 0 Å². The normalized spacial score (nSPS) is 9.67. The van der Waals surface area contributed by atoms with E-state index in [-0.39, 0.29) is 6.61 Å². The van der Waals surface area contributed by atoms with E-state index in [0.717, 1.165) is 22.4 Å². The van der Waals surface area contributed by atoms with Crippen molar-refractivity contribution >= 4 is 0 Å². The first-order valence-electron chi connectivity index (χ1n) is 6.55. The molecule has 1 N–H and O–H groups in total. The van der Waals surface area contributed by atoms with Crippen LogP contribution in [-0.2, 0) is 6.61 Å². The van der Waals surface area contributed by atoms with Crippen molar-refractivity contribution in [3.05, 3.63) is 53.2 Å². The number of benzene rings is 1. The van der Waals surface area contributed by atoms with Crippen LogP contribution in [-0.4, -0.2) is 23.8 Å². The second-order valence-electron chi connectivity index (χ2n) is 4.40. The fourth-order valence-electron chi connectivity index (χ4n) is 1.90. The summed E-state index contributed by atoms with van der Waals surface area (Å²) in [6.45, 7) is 2.21. The molecule has 0 fully saturated rings. The van der Waals surface area contributed by atoms with Gasteiger partial charge in [0, 0.05) is 11.8 Å². The molecule has 4 heteroatoms. The Hall–Kier alpha value is -2.51. The Morgan fingerprint density at radius 1 is 1.29 bits per heavy atom. The Kier molecular flexibility index (Phi) is 5.19. The van der Waals surface area contributed by atoms with Crippen LogP contribution >= 0.6 is 0 Å². The van der Waals surface area contributed by atoms with E-state index in [1.165, 1.54) is 0 Å². The standard InChI is InChI=1S/C17H17NO3/c1-13-11-14(5-4-10-19)7-8-16(13)21-12-15-6-3-9-18-17(15)20-2/h3,6-9,11,19H,10,12H2,1-2H3. The number of nitrogens with zero attached hydrogens (tertiary/aromatic N) is 1. The third kappa shape index (κ3) is 3.98. The Bertz CT molecular complexity index is 671. The number of hydrogen-bond acceptors (Lipinski definition) is 4. The number of aliphatic hydroxyl groups excluding tert-OH is 1. The number of hydrogen-bond donors (Lipinski definition) is 1. The van der Waals surface area contributed by atoms with Crippen molar-refractivity contribution in [3.63, 3.8) is 0 Å². The summed E-state index contributed by atoms with van der Waals surface area (Å²) in [6.07, 6.45) is 1.68. The van der Waals surface area contributed by atoms with Crippen LogP contribution in [0.5, 0.6) is 11.6 Å².